The van der Waals surface area contributed by atoms with Crippen LogP contribution in [0.5, 0.6) is 0 Å². The maximum Gasteiger partial charge on any atom is -0.0231 e. The molecule has 20 heavy (non-hydrogen) atoms. The van der Waals surface area contributed by atoms with Gasteiger partial charge in [-0.05, 0) is 42.5 Å². The van der Waals surface area contributed by atoms with Crippen molar-refractivity contribution in [1.82, 2.24) is 0 Å². The number of hydrogen-bond acceptors (Lipinski definition) is 0. The molecule has 0 aliphatic heterocycles. The molecule has 104 valence electrons. The van der Waals surface area contributed by atoms with Gasteiger partial charge in [0.2, 0.25) is 0 Å². The van der Waals surface area contributed by atoms with Crippen molar-refractivity contribution < 1.29 is 0 Å². The Hall–Kier alpha value is -2.08. The van der Waals surface area contributed by atoms with Crippen molar-refractivity contribution in [2.24, 2.45) is 0 Å². The molecular formula is C20H24. The number of rotatable bonds is 3. The van der Waals surface area contributed by atoms with Crippen molar-refractivity contribution in [3.05, 3.63) is 83.4 Å². The summed E-state index contributed by atoms with van der Waals surface area (Å²) in [4.78, 5) is 0. The fraction of sp³-hybridized carbons (Fsp3) is 0.200. The van der Waals surface area contributed by atoms with Gasteiger partial charge in [0.25, 0.3) is 0 Å². The highest BCUT2D eigenvalue weighted by Gasteiger charge is 1.92. The minimum Gasteiger partial charge on any atom is -0.0985 e. The molecule has 0 spiro atoms. The van der Waals surface area contributed by atoms with E-state index in [4.69, 9.17) is 0 Å². The predicted octanol–water partition coefficient (Wildman–Crippen LogP) is 5.84. The first kappa shape index (κ1) is 16.0. The summed E-state index contributed by atoms with van der Waals surface area (Å²) in [6.45, 7) is 13.8. The van der Waals surface area contributed by atoms with E-state index >= 15 is 0 Å². The molecule has 0 atom stereocenters. The maximum atomic E-state index is 3.74. The van der Waals surface area contributed by atoms with Gasteiger partial charge >= 0.3 is 0 Å². The van der Waals surface area contributed by atoms with Crippen LogP contribution in [0.3, 0.4) is 0 Å². The zero-order valence-corrected chi connectivity index (χ0v) is 12.8. The van der Waals surface area contributed by atoms with E-state index in [0.717, 1.165) is 6.42 Å². The normalized spacial score (nSPS) is 9.35. The van der Waals surface area contributed by atoms with E-state index < -0.39 is 0 Å². The van der Waals surface area contributed by atoms with Crippen molar-refractivity contribution in [3.63, 3.8) is 0 Å². The second-order valence-electron chi connectivity index (χ2n) is 4.82. The van der Waals surface area contributed by atoms with Crippen LogP contribution in [0, 0.1) is 13.8 Å². The predicted molar refractivity (Wildman–Crippen MR) is 91.9 cm³/mol. The molecule has 0 aliphatic carbocycles. The molecule has 0 fully saturated rings. The smallest absolute Gasteiger partial charge is 0.0231 e. The van der Waals surface area contributed by atoms with E-state index in [1.807, 2.05) is 18.2 Å². The van der Waals surface area contributed by atoms with Crippen LogP contribution in [0.15, 0.2) is 55.6 Å². The quantitative estimate of drug-likeness (QED) is 0.653. The van der Waals surface area contributed by atoms with Crippen LogP contribution < -0.4 is 0 Å². The van der Waals surface area contributed by atoms with E-state index in [-0.39, 0.29) is 0 Å². The molecule has 0 unspecified atom stereocenters. The Kier molecular flexibility index (Phi) is 6.52. The molecule has 2 rings (SSSR count). The van der Waals surface area contributed by atoms with Crippen LogP contribution in [-0.2, 0) is 6.42 Å². The summed E-state index contributed by atoms with van der Waals surface area (Å²) in [5, 5.41) is 0. The third kappa shape index (κ3) is 4.55. The SMILES string of the molecule is C=Cc1ccc(C)cc1C.C=Cc1ccccc1CC. The van der Waals surface area contributed by atoms with Gasteiger partial charge in [0.05, 0.1) is 0 Å². The second-order valence-corrected chi connectivity index (χ2v) is 4.82. The van der Waals surface area contributed by atoms with Crippen LogP contribution >= 0.6 is 0 Å². The lowest BCUT2D eigenvalue weighted by Gasteiger charge is -1.99. The van der Waals surface area contributed by atoms with Crippen LogP contribution in [0.4, 0.5) is 0 Å². The van der Waals surface area contributed by atoms with Crippen molar-refractivity contribution in [1.29, 1.82) is 0 Å². The minimum absolute atomic E-state index is 1.09. The fourth-order valence-electron chi connectivity index (χ4n) is 2.11. The van der Waals surface area contributed by atoms with E-state index in [1.165, 1.54) is 27.8 Å². The Morgan fingerprint density at radius 1 is 0.900 bits per heavy atom. The van der Waals surface area contributed by atoms with Crippen molar-refractivity contribution in [3.8, 4) is 0 Å². The molecule has 0 heteroatoms. The fourth-order valence-corrected chi connectivity index (χ4v) is 2.11. The molecule has 0 saturated heterocycles. The Morgan fingerprint density at radius 3 is 2.05 bits per heavy atom. The Bertz CT molecular complexity index is 576. The zero-order valence-electron chi connectivity index (χ0n) is 12.8. The molecule has 0 heterocycles. The summed E-state index contributed by atoms with van der Waals surface area (Å²) in [5.74, 6) is 0. The molecule has 0 amide bonds. The summed E-state index contributed by atoms with van der Waals surface area (Å²) in [7, 11) is 0. The van der Waals surface area contributed by atoms with Crippen molar-refractivity contribution in [2.45, 2.75) is 27.2 Å². The Labute approximate surface area is 123 Å². The molecule has 2 aromatic carbocycles. The van der Waals surface area contributed by atoms with Crippen molar-refractivity contribution in [2.75, 3.05) is 0 Å². The third-order valence-electron chi connectivity index (χ3n) is 3.30. The largest absolute Gasteiger partial charge is 0.0985 e. The van der Waals surface area contributed by atoms with E-state index in [2.05, 4.69) is 70.3 Å². The van der Waals surface area contributed by atoms with Gasteiger partial charge in [-0.2, -0.15) is 0 Å². The Balaban J connectivity index is 0.000000200. The molecule has 0 nitrogen and oxygen atoms in total. The topological polar surface area (TPSA) is 0 Å². The van der Waals surface area contributed by atoms with Gasteiger partial charge in [-0.25, -0.2) is 0 Å². The summed E-state index contributed by atoms with van der Waals surface area (Å²) in [6, 6.07) is 14.7. The average molecular weight is 264 g/mol. The van der Waals surface area contributed by atoms with Gasteiger partial charge in [0, 0.05) is 0 Å². The van der Waals surface area contributed by atoms with E-state index in [0.29, 0.717) is 0 Å². The van der Waals surface area contributed by atoms with Gasteiger partial charge in [-0.3, -0.25) is 0 Å². The van der Waals surface area contributed by atoms with E-state index in [1.54, 1.807) is 0 Å². The lowest BCUT2D eigenvalue weighted by Crippen LogP contribution is -1.83. The summed E-state index contributed by atoms with van der Waals surface area (Å²) >= 11 is 0. The highest BCUT2D eigenvalue weighted by molar-refractivity contribution is 5.52. The first-order chi connectivity index (χ1) is 9.62. The average Bonchev–Trinajstić information content (AvgIpc) is 2.48. The van der Waals surface area contributed by atoms with Gasteiger partial charge in [0.1, 0.15) is 0 Å². The minimum atomic E-state index is 1.09. The second kappa shape index (κ2) is 8.16. The first-order valence-corrected chi connectivity index (χ1v) is 7.02. The molecule has 0 N–H and O–H groups in total. The van der Waals surface area contributed by atoms with Gasteiger partial charge in [-0.1, -0.05) is 80.3 Å². The van der Waals surface area contributed by atoms with Crippen molar-refractivity contribution >= 4 is 12.2 Å². The molecule has 0 aromatic heterocycles. The van der Waals surface area contributed by atoms with Crippen LogP contribution in [0.2, 0.25) is 0 Å². The van der Waals surface area contributed by atoms with Gasteiger partial charge in [0.15, 0.2) is 0 Å². The molecule has 0 aliphatic rings. The van der Waals surface area contributed by atoms with Crippen LogP contribution in [0.25, 0.3) is 12.2 Å². The lowest BCUT2D eigenvalue weighted by atomic mass is 10.1. The summed E-state index contributed by atoms with van der Waals surface area (Å²) < 4.78 is 0. The lowest BCUT2D eigenvalue weighted by molar-refractivity contribution is 1.13. The van der Waals surface area contributed by atoms with E-state index in [9.17, 15) is 0 Å². The van der Waals surface area contributed by atoms with Gasteiger partial charge in [-0.15, -0.1) is 0 Å². The van der Waals surface area contributed by atoms with Crippen LogP contribution in [-0.4, -0.2) is 0 Å². The highest BCUT2D eigenvalue weighted by atomic mass is 14.0. The molecule has 0 radical (unpaired) electrons. The third-order valence-corrected chi connectivity index (χ3v) is 3.30. The van der Waals surface area contributed by atoms with Gasteiger partial charge < -0.3 is 0 Å². The molecule has 0 saturated carbocycles. The highest BCUT2D eigenvalue weighted by Crippen LogP contribution is 2.11. The maximum absolute atomic E-state index is 3.74. The standard InChI is InChI=1S/2C10H12/c1-4-10-6-5-8(2)7-9(10)3;1-3-9-7-5-6-8-10(9)4-2/h4-7H,1H2,2-3H3;3,5-8H,1,4H2,2H3. The number of benzene rings is 2. The first-order valence-electron chi connectivity index (χ1n) is 7.02. The monoisotopic (exact) mass is 264 g/mol. The number of hydrogen-bond donors (Lipinski definition) is 0. The molecule has 2 aromatic rings. The number of aryl methyl sites for hydroxylation is 3. The summed E-state index contributed by atoms with van der Waals surface area (Å²) in [6.07, 6.45) is 4.87. The Morgan fingerprint density at radius 2 is 1.55 bits per heavy atom. The zero-order chi connectivity index (χ0) is 15.0. The van der Waals surface area contributed by atoms with Crippen LogP contribution in [0.1, 0.15) is 34.7 Å². The molecule has 0 bridgehead atoms. The summed E-state index contributed by atoms with van der Waals surface area (Å²) in [5.41, 5.74) is 6.46. The molecular weight excluding hydrogens is 240 g/mol.